The Morgan fingerprint density at radius 2 is 2.44 bits per heavy atom. The summed E-state index contributed by atoms with van der Waals surface area (Å²) in [6.07, 6.45) is 1.97. The molecule has 0 atom stereocenters. The summed E-state index contributed by atoms with van der Waals surface area (Å²) >= 11 is 7.07. The lowest BCUT2D eigenvalue weighted by Crippen LogP contribution is -1.64. The van der Waals surface area contributed by atoms with Gasteiger partial charge < -0.3 is 4.42 Å². The van der Waals surface area contributed by atoms with Gasteiger partial charge in [-0.2, -0.15) is 0 Å². The first-order valence-corrected chi connectivity index (χ1v) is 4.31. The van der Waals surface area contributed by atoms with Crippen molar-refractivity contribution in [1.82, 2.24) is 0 Å². The Kier molecular flexibility index (Phi) is 2.49. The van der Waals surface area contributed by atoms with E-state index in [-0.39, 0.29) is 0 Å². The van der Waals surface area contributed by atoms with Crippen LogP contribution in [0.25, 0.3) is 0 Å². The van der Waals surface area contributed by atoms with Crippen molar-refractivity contribution in [3.63, 3.8) is 0 Å². The molecule has 50 valence electrons. The number of hydrogen-bond acceptors (Lipinski definition) is 2. The first kappa shape index (κ1) is 7.03. The van der Waals surface area contributed by atoms with Crippen LogP contribution in [0.3, 0.4) is 0 Å². The topological polar surface area (TPSA) is 13.1 Å². The van der Waals surface area contributed by atoms with Crippen molar-refractivity contribution < 1.29 is 4.42 Å². The fourth-order valence-electron chi connectivity index (χ4n) is 0.540. The van der Waals surface area contributed by atoms with E-state index in [0.29, 0.717) is 5.88 Å². The molecule has 1 heterocycles. The molecule has 0 aliphatic heterocycles. The summed E-state index contributed by atoms with van der Waals surface area (Å²) in [5.74, 6) is 1.29. The van der Waals surface area contributed by atoms with E-state index in [0.717, 1.165) is 10.9 Å². The van der Waals surface area contributed by atoms with Crippen LogP contribution < -0.4 is 0 Å². The van der Waals surface area contributed by atoms with E-state index < -0.39 is 0 Å². The van der Waals surface area contributed by atoms with E-state index in [1.54, 1.807) is 11.8 Å². The molecule has 1 rings (SSSR count). The van der Waals surface area contributed by atoms with Crippen LogP contribution in [0.4, 0.5) is 0 Å². The maximum absolute atomic E-state index is 5.49. The smallest absolute Gasteiger partial charge is 0.160 e. The Bertz CT molecular complexity index is 166. The quantitative estimate of drug-likeness (QED) is 0.490. The van der Waals surface area contributed by atoms with Gasteiger partial charge in [0, 0.05) is 0 Å². The van der Waals surface area contributed by atoms with Crippen LogP contribution in [0, 0.1) is 0 Å². The van der Waals surface area contributed by atoms with Crippen LogP contribution in [0.15, 0.2) is 21.6 Å². The van der Waals surface area contributed by atoms with Gasteiger partial charge in [-0.15, -0.1) is 11.6 Å². The van der Waals surface area contributed by atoms with Crippen LogP contribution in [0.1, 0.15) is 5.76 Å². The highest BCUT2D eigenvalue weighted by Gasteiger charge is 1.96. The minimum absolute atomic E-state index is 0.459. The normalized spacial score (nSPS) is 10.0. The molecule has 0 radical (unpaired) electrons. The molecule has 0 aromatic carbocycles. The average molecular weight is 163 g/mol. The largest absolute Gasteiger partial charge is 0.454 e. The van der Waals surface area contributed by atoms with E-state index in [1.165, 1.54) is 0 Å². The molecule has 3 heteroatoms. The highest BCUT2D eigenvalue weighted by Crippen LogP contribution is 2.18. The van der Waals surface area contributed by atoms with Gasteiger partial charge in [0.05, 0.1) is 5.88 Å². The molecule has 0 saturated carbocycles. The zero-order valence-corrected chi connectivity index (χ0v) is 6.63. The lowest BCUT2D eigenvalue weighted by molar-refractivity contribution is 0.445. The Morgan fingerprint density at radius 1 is 1.67 bits per heavy atom. The van der Waals surface area contributed by atoms with Crippen molar-refractivity contribution in [3.05, 3.63) is 17.9 Å². The molecule has 1 aromatic rings. The average Bonchev–Trinajstić information content (AvgIpc) is 2.34. The van der Waals surface area contributed by atoms with Crippen molar-refractivity contribution in [2.75, 3.05) is 6.26 Å². The monoisotopic (exact) mass is 162 g/mol. The minimum atomic E-state index is 0.459. The maximum Gasteiger partial charge on any atom is 0.160 e. The van der Waals surface area contributed by atoms with Gasteiger partial charge >= 0.3 is 0 Å². The van der Waals surface area contributed by atoms with Gasteiger partial charge in [0.1, 0.15) is 5.76 Å². The maximum atomic E-state index is 5.49. The number of hydrogen-bond donors (Lipinski definition) is 0. The number of halogens is 1. The molecule has 0 N–H and O–H groups in total. The highest BCUT2D eigenvalue weighted by molar-refractivity contribution is 7.98. The summed E-state index contributed by atoms with van der Waals surface area (Å²) in [4.78, 5) is 0. The zero-order chi connectivity index (χ0) is 6.69. The van der Waals surface area contributed by atoms with Crippen molar-refractivity contribution in [1.29, 1.82) is 0 Å². The fraction of sp³-hybridized carbons (Fsp3) is 0.333. The summed E-state index contributed by atoms with van der Waals surface area (Å²) in [5, 5.41) is 0.922. The van der Waals surface area contributed by atoms with Gasteiger partial charge in [-0.1, -0.05) is 11.8 Å². The molecule has 0 aliphatic rings. The molecule has 9 heavy (non-hydrogen) atoms. The van der Waals surface area contributed by atoms with E-state index in [1.807, 2.05) is 18.4 Å². The van der Waals surface area contributed by atoms with Crippen LogP contribution in [0.5, 0.6) is 0 Å². The summed E-state index contributed by atoms with van der Waals surface area (Å²) in [6.45, 7) is 0. The lowest BCUT2D eigenvalue weighted by Gasteiger charge is -1.85. The van der Waals surface area contributed by atoms with Gasteiger partial charge in [0.2, 0.25) is 0 Å². The van der Waals surface area contributed by atoms with Crippen LogP contribution in [0.2, 0.25) is 0 Å². The fourth-order valence-corrected chi connectivity index (χ4v) is 1.08. The Hall–Kier alpha value is -0.0800. The second-order valence-corrected chi connectivity index (χ2v) is 2.64. The molecule has 0 aliphatic carbocycles. The predicted octanol–water partition coefficient (Wildman–Crippen LogP) is 2.74. The van der Waals surface area contributed by atoms with Crippen molar-refractivity contribution in [2.45, 2.75) is 11.0 Å². The number of furan rings is 1. The van der Waals surface area contributed by atoms with Crippen LogP contribution in [-0.2, 0) is 5.88 Å². The zero-order valence-electron chi connectivity index (χ0n) is 5.06. The highest BCUT2D eigenvalue weighted by atomic mass is 35.5. The van der Waals surface area contributed by atoms with Crippen molar-refractivity contribution in [2.24, 2.45) is 0 Å². The predicted molar refractivity (Wildman–Crippen MR) is 40.0 cm³/mol. The van der Waals surface area contributed by atoms with Crippen molar-refractivity contribution >= 4 is 23.4 Å². The van der Waals surface area contributed by atoms with E-state index in [2.05, 4.69) is 0 Å². The van der Waals surface area contributed by atoms with E-state index in [9.17, 15) is 0 Å². The van der Waals surface area contributed by atoms with Crippen LogP contribution in [-0.4, -0.2) is 6.26 Å². The number of alkyl halides is 1. The minimum Gasteiger partial charge on any atom is -0.454 e. The molecule has 1 aromatic heterocycles. The number of rotatable bonds is 2. The molecule has 0 unspecified atom stereocenters. The van der Waals surface area contributed by atoms with Gasteiger partial charge in [-0.25, -0.2) is 0 Å². The summed E-state index contributed by atoms with van der Waals surface area (Å²) in [5.41, 5.74) is 0. The van der Waals surface area contributed by atoms with Crippen LogP contribution >= 0.6 is 23.4 Å². The van der Waals surface area contributed by atoms with Gasteiger partial charge in [0.15, 0.2) is 5.09 Å². The van der Waals surface area contributed by atoms with E-state index in [4.69, 9.17) is 16.0 Å². The summed E-state index contributed by atoms with van der Waals surface area (Å²) < 4.78 is 5.21. The lowest BCUT2D eigenvalue weighted by atomic mass is 10.5. The van der Waals surface area contributed by atoms with E-state index >= 15 is 0 Å². The standard InChI is InChI=1S/C6H7ClOS/c1-9-6-3-2-5(4-7)8-6/h2-3H,4H2,1H3. The first-order valence-electron chi connectivity index (χ1n) is 2.55. The van der Waals surface area contributed by atoms with Gasteiger partial charge in [-0.3, -0.25) is 0 Å². The third kappa shape index (κ3) is 1.66. The third-order valence-corrected chi connectivity index (χ3v) is 1.86. The second-order valence-electron chi connectivity index (χ2n) is 1.56. The Morgan fingerprint density at radius 3 is 2.78 bits per heavy atom. The SMILES string of the molecule is CSc1ccc(CCl)o1. The Balaban J connectivity index is 2.74. The third-order valence-electron chi connectivity index (χ3n) is 0.970. The molecule has 1 nitrogen and oxygen atoms in total. The summed E-state index contributed by atoms with van der Waals surface area (Å²) in [6, 6.07) is 3.81. The van der Waals surface area contributed by atoms with Gasteiger partial charge in [-0.05, 0) is 18.4 Å². The molecule has 0 amide bonds. The Labute approximate surface area is 63.4 Å². The molecular formula is C6H7ClOS. The number of thioether (sulfide) groups is 1. The first-order chi connectivity index (χ1) is 4.36. The molecule has 0 fully saturated rings. The summed E-state index contributed by atoms with van der Waals surface area (Å²) in [7, 11) is 0. The van der Waals surface area contributed by atoms with Crippen molar-refractivity contribution in [3.8, 4) is 0 Å². The van der Waals surface area contributed by atoms with Gasteiger partial charge in [0.25, 0.3) is 0 Å². The molecule has 0 bridgehead atoms. The molecule has 0 spiro atoms. The molecular weight excluding hydrogens is 156 g/mol. The second kappa shape index (κ2) is 3.18. The molecule has 0 saturated heterocycles.